The fourth-order valence-electron chi connectivity index (χ4n) is 1.95. The van der Waals surface area contributed by atoms with Crippen molar-refractivity contribution in [1.29, 1.82) is 0 Å². The Balaban J connectivity index is 2.39. The van der Waals surface area contributed by atoms with Crippen molar-refractivity contribution in [2.24, 2.45) is 0 Å². The Hall–Kier alpha value is -0.160. The molecule has 0 amide bonds. The molecule has 0 saturated heterocycles. The van der Waals surface area contributed by atoms with Gasteiger partial charge in [-0.25, -0.2) is 0 Å². The van der Waals surface area contributed by atoms with Gasteiger partial charge in [0.2, 0.25) is 0 Å². The summed E-state index contributed by atoms with van der Waals surface area (Å²) in [5.74, 6) is 0. The van der Waals surface area contributed by atoms with Crippen LogP contribution in [0.25, 0.3) is 0 Å². The summed E-state index contributed by atoms with van der Waals surface area (Å²) >= 11 is 8.55. The Morgan fingerprint density at radius 3 is 2.28 bits per heavy atom. The SMILES string of the molecule is CC(C)(c1ccccc1)C(O)c1cc(Br)sc1Br. The van der Waals surface area contributed by atoms with Crippen LogP contribution in [0.15, 0.2) is 44.0 Å². The van der Waals surface area contributed by atoms with Crippen LogP contribution >= 0.6 is 43.2 Å². The minimum Gasteiger partial charge on any atom is -0.387 e. The van der Waals surface area contributed by atoms with E-state index in [9.17, 15) is 5.11 Å². The molecule has 1 unspecified atom stereocenters. The van der Waals surface area contributed by atoms with Gasteiger partial charge >= 0.3 is 0 Å². The molecule has 4 heteroatoms. The average Bonchev–Trinajstić information content (AvgIpc) is 2.68. The molecule has 18 heavy (non-hydrogen) atoms. The van der Waals surface area contributed by atoms with Crippen LogP contribution in [-0.2, 0) is 5.41 Å². The number of hydrogen-bond donors (Lipinski definition) is 1. The molecule has 2 aromatic rings. The maximum Gasteiger partial charge on any atom is 0.0900 e. The second-order valence-corrected chi connectivity index (χ2v) is 8.52. The van der Waals surface area contributed by atoms with E-state index < -0.39 is 6.10 Å². The zero-order valence-corrected chi connectivity index (χ0v) is 14.1. The van der Waals surface area contributed by atoms with Crippen LogP contribution in [-0.4, -0.2) is 5.11 Å². The molecule has 0 saturated carbocycles. The van der Waals surface area contributed by atoms with Crippen molar-refractivity contribution in [3.63, 3.8) is 0 Å². The molecule has 0 spiro atoms. The van der Waals surface area contributed by atoms with Crippen LogP contribution in [0, 0.1) is 0 Å². The first kappa shape index (κ1) is 14.3. The van der Waals surface area contributed by atoms with Crippen molar-refractivity contribution in [1.82, 2.24) is 0 Å². The van der Waals surface area contributed by atoms with Gasteiger partial charge in [0, 0.05) is 11.0 Å². The van der Waals surface area contributed by atoms with Crippen LogP contribution in [0.2, 0.25) is 0 Å². The standard InChI is InChI=1S/C14H14Br2OS/c1-14(2,9-6-4-3-5-7-9)12(17)10-8-11(15)18-13(10)16/h3-8,12,17H,1-2H3. The molecule has 0 bridgehead atoms. The molecule has 0 aliphatic carbocycles. The van der Waals surface area contributed by atoms with Crippen LogP contribution in [0.3, 0.4) is 0 Å². The highest BCUT2D eigenvalue weighted by Gasteiger charge is 2.32. The van der Waals surface area contributed by atoms with E-state index in [1.165, 1.54) is 0 Å². The fraction of sp³-hybridized carbons (Fsp3) is 0.286. The van der Waals surface area contributed by atoms with Gasteiger partial charge in [0.15, 0.2) is 0 Å². The van der Waals surface area contributed by atoms with Crippen LogP contribution in [0.5, 0.6) is 0 Å². The summed E-state index contributed by atoms with van der Waals surface area (Å²) in [4.78, 5) is 0. The maximum absolute atomic E-state index is 10.7. The van der Waals surface area contributed by atoms with E-state index >= 15 is 0 Å². The van der Waals surface area contributed by atoms with E-state index in [1.54, 1.807) is 11.3 Å². The van der Waals surface area contributed by atoms with Crippen molar-refractivity contribution >= 4 is 43.2 Å². The zero-order chi connectivity index (χ0) is 13.3. The molecule has 1 aromatic heterocycles. The molecule has 1 aromatic carbocycles. The van der Waals surface area contributed by atoms with E-state index in [0.717, 1.165) is 18.7 Å². The Kier molecular flexibility index (Phi) is 4.32. The minimum absolute atomic E-state index is 0.329. The average molecular weight is 390 g/mol. The second-order valence-electron chi connectivity index (χ2n) is 4.77. The fourth-order valence-corrected chi connectivity index (χ4v) is 4.84. The molecular weight excluding hydrogens is 376 g/mol. The number of thiophene rings is 1. The summed E-state index contributed by atoms with van der Waals surface area (Å²) in [7, 11) is 0. The highest BCUT2D eigenvalue weighted by molar-refractivity contribution is 9.12. The molecule has 2 rings (SSSR count). The van der Waals surface area contributed by atoms with Gasteiger partial charge in [-0.05, 0) is 43.5 Å². The molecule has 0 aliphatic rings. The Bertz CT molecular complexity index is 534. The Morgan fingerprint density at radius 1 is 1.17 bits per heavy atom. The van der Waals surface area contributed by atoms with E-state index in [2.05, 4.69) is 57.8 Å². The van der Waals surface area contributed by atoms with E-state index in [4.69, 9.17) is 0 Å². The van der Waals surface area contributed by atoms with Gasteiger partial charge in [-0.15, -0.1) is 11.3 Å². The van der Waals surface area contributed by atoms with Crippen LogP contribution in [0.1, 0.15) is 31.1 Å². The summed E-state index contributed by atoms with van der Waals surface area (Å²) < 4.78 is 2.00. The monoisotopic (exact) mass is 388 g/mol. The lowest BCUT2D eigenvalue weighted by atomic mass is 9.77. The zero-order valence-electron chi connectivity index (χ0n) is 10.2. The lowest BCUT2D eigenvalue weighted by Gasteiger charge is -2.31. The van der Waals surface area contributed by atoms with E-state index in [0.29, 0.717) is 0 Å². The number of halogens is 2. The highest BCUT2D eigenvalue weighted by atomic mass is 79.9. The molecule has 0 fully saturated rings. The molecule has 1 nitrogen and oxygen atoms in total. The van der Waals surface area contributed by atoms with Crippen molar-refractivity contribution < 1.29 is 5.11 Å². The highest BCUT2D eigenvalue weighted by Crippen LogP contribution is 2.43. The quantitative estimate of drug-likeness (QED) is 0.756. The number of benzene rings is 1. The molecule has 96 valence electrons. The third kappa shape index (κ3) is 2.72. The number of rotatable bonds is 3. The topological polar surface area (TPSA) is 20.2 Å². The molecule has 0 aliphatic heterocycles. The molecule has 1 atom stereocenters. The predicted molar refractivity (Wildman–Crippen MR) is 84.1 cm³/mol. The van der Waals surface area contributed by atoms with Crippen molar-refractivity contribution in [2.45, 2.75) is 25.4 Å². The largest absolute Gasteiger partial charge is 0.387 e. The summed E-state index contributed by atoms with van der Waals surface area (Å²) in [5, 5.41) is 10.7. The first-order valence-electron chi connectivity index (χ1n) is 5.61. The normalized spacial score (nSPS) is 13.6. The van der Waals surface area contributed by atoms with Gasteiger partial charge in [0.25, 0.3) is 0 Å². The van der Waals surface area contributed by atoms with Gasteiger partial charge in [-0.2, -0.15) is 0 Å². The smallest absolute Gasteiger partial charge is 0.0900 e. The number of aliphatic hydroxyl groups excluding tert-OH is 1. The van der Waals surface area contributed by atoms with Gasteiger partial charge in [-0.1, -0.05) is 44.2 Å². The summed E-state index contributed by atoms with van der Waals surface area (Å²) in [5.41, 5.74) is 1.73. The number of hydrogen-bond acceptors (Lipinski definition) is 2. The van der Waals surface area contributed by atoms with Gasteiger partial charge in [-0.3, -0.25) is 0 Å². The summed E-state index contributed by atoms with van der Waals surface area (Å²) in [6.07, 6.45) is -0.545. The van der Waals surface area contributed by atoms with Crippen molar-refractivity contribution in [2.75, 3.05) is 0 Å². The van der Waals surface area contributed by atoms with Gasteiger partial charge in [0.05, 0.1) is 13.7 Å². The van der Waals surface area contributed by atoms with E-state index in [1.807, 2.05) is 24.3 Å². The second kappa shape index (κ2) is 5.45. The minimum atomic E-state index is -0.545. The third-order valence-corrected chi connectivity index (χ3v) is 5.56. The molecule has 1 N–H and O–H groups in total. The first-order valence-corrected chi connectivity index (χ1v) is 8.01. The van der Waals surface area contributed by atoms with Gasteiger partial charge < -0.3 is 5.11 Å². The molecule has 0 radical (unpaired) electrons. The van der Waals surface area contributed by atoms with E-state index in [-0.39, 0.29) is 5.41 Å². The lowest BCUT2D eigenvalue weighted by Crippen LogP contribution is -2.26. The summed E-state index contributed by atoms with van der Waals surface area (Å²) in [6.45, 7) is 4.12. The summed E-state index contributed by atoms with van der Waals surface area (Å²) in [6, 6.07) is 12.1. The van der Waals surface area contributed by atoms with Crippen molar-refractivity contribution in [3.05, 3.63) is 55.1 Å². The lowest BCUT2D eigenvalue weighted by molar-refractivity contribution is 0.100. The first-order chi connectivity index (χ1) is 8.43. The van der Waals surface area contributed by atoms with Crippen molar-refractivity contribution in [3.8, 4) is 0 Å². The molecule has 1 heterocycles. The van der Waals surface area contributed by atoms with Crippen LogP contribution in [0.4, 0.5) is 0 Å². The third-order valence-electron chi connectivity index (χ3n) is 3.18. The Labute approximate surface area is 128 Å². The molecular formula is C14H14Br2OS. The maximum atomic E-state index is 10.7. The van der Waals surface area contributed by atoms with Crippen LogP contribution < -0.4 is 0 Å². The number of aliphatic hydroxyl groups is 1. The predicted octanol–water partition coefficient (Wildman–Crippen LogP) is 5.28. The Morgan fingerprint density at radius 2 is 1.78 bits per heavy atom. The van der Waals surface area contributed by atoms with Gasteiger partial charge in [0.1, 0.15) is 0 Å².